The third kappa shape index (κ3) is 3.50. The van der Waals surface area contributed by atoms with Crippen LogP contribution < -0.4 is 10.2 Å². The lowest BCUT2D eigenvalue weighted by Gasteiger charge is -2.20. The second-order valence-corrected chi connectivity index (χ2v) is 7.15. The monoisotopic (exact) mass is 350 g/mol. The molecule has 0 spiro atoms. The molecule has 0 saturated carbocycles. The fourth-order valence-corrected chi connectivity index (χ4v) is 3.55. The van der Waals surface area contributed by atoms with E-state index in [1.807, 2.05) is 57.2 Å². The van der Waals surface area contributed by atoms with Gasteiger partial charge in [-0.3, -0.25) is 9.59 Å². The van der Waals surface area contributed by atoms with Crippen LogP contribution in [-0.4, -0.2) is 18.4 Å². The van der Waals surface area contributed by atoms with Gasteiger partial charge in [-0.25, -0.2) is 0 Å². The molecular formula is C22H26N2O2. The molecule has 1 fully saturated rings. The number of carbonyl (C=O) groups excluding carboxylic acids is 2. The van der Waals surface area contributed by atoms with E-state index in [-0.39, 0.29) is 24.2 Å². The van der Waals surface area contributed by atoms with E-state index in [0.717, 1.165) is 40.0 Å². The first-order chi connectivity index (χ1) is 12.4. The lowest BCUT2D eigenvalue weighted by Crippen LogP contribution is -2.29. The second-order valence-electron chi connectivity index (χ2n) is 7.15. The summed E-state index contributed by atoms with van der Waals surface area (Å²) >= 11 is 0. The summed E-state index contributed by atoms with van der Waals surface area (Å²) < 4.78 is 0. The van der Waals surface area contributed by atoms with Crippen molar-refractivity contribution >= 4 is 23.2 Å². The molecule has 1 atom stereocenters. The molecule has 1 saturated heterocycles. The predicted octanol–water partition coefficient (Wildman–Crippen LogP) is 4.17. The highest BCUT2D eigenvalue weighted by Gasteiger charge is 2.36. The molecule has 2 amide bonds. The standard InChI is InChI=1S/C22H26N2O2/c1-5-17-8-6-7-16(4)21(17)23-22(26)18-12-20(25)24(13-18)19-11-14(2)9-10-15(19)3/h6-11,18H,5,12-13H2,1-4H3,(H,23,26). The minimum Gasteiger partial charge on any atom is -0.325 e. The number of carbonyl (C=O) groups is 2. The summed E-state index contributed by atoms with van der Waals surface area (Å²) in [5.41, 5.74) is 6.13. The maximum Gasteiger partial charge on any atom is 0.229 e. The molecule has 1 unspecified atom stereocenters. The first-order valence-electron chi connectivity index (χ1n) is 9.17. The van der Waals surface area contributed by atoms with Gasteiger partial charge in [0.1, 0.15) is 0 Å². The van der Waals surface area contributed by atoms with Gasteiger partial charge in [-0.15, -0.1) is 0 Å². The van der Waals surface area contributed by atoms with Crippen LogP contribution in [0.4, 0.5) is 11.4 Å². The van der Waals surface area contributed by atoms with E-state index in [9.17, 15) is 9.59 Å². The molecule has 26 heavy (non-hydrogen) atoms. The Morgan fingerprint density at radius 3 is 2.65 bits per heavy atom. The van der Waals surface area contributed by atoms with Crippen molar-refractivity contribution in [1.82, 2.24) is 0 Å². The molecule has 0 aromatic heterocycles. The smallest absolute Gasteiger partial charge is 0.229 e. The molecular weight excluding hydrogens is 324 g/mol. The maximum atomic E-state index is 12.8. The number of benzene rings is 2. The molecule has 1 aliphatic heterocycles. The van der Waals surface area contributed by atoms with Crippen LogP contribution >= 0.6 is 0 Å². The van der Waals surface area contributed by atoms with Crippen LogP contribution in [-0.2, 0) is 16.0 Å². The maximum absolute atomic E-state index is 12.8. The Bertz CT molecular complexity index is 857. The Balaban J connectivity index is 1.79. The third-order valence-electron chi connectivity index (χ3n) is 5.14. The number of aryl methyl sites for hydroxylation is 4. The molecule has 3 rings (SSSR count). The summed E-state index contributed by atoms with van der Waals surface area (Å²) in [6.07, 6.45) is 1.11. The van der Waals surface area contributed by atoms with E-state index in [2.05, 4.69) is 12.2 Å². The van der Waals surface area contributed by atoms with Crippen LogP contribution in [0.3, 0.4) is 0 Å². The van der Waals surface area contributed by atoms with Crippen molar-refractivity contribution in [1.29, 1.82) is 0 Å². The van der Waals surface area contributed by atoms with Gasteiger partial charge < -0.3 is 10.2 Å². The van der Waals surface area contributed by atoms with Gasteiger partial charge in [-0.1, -0.05) is 37.3 Å². The van der Waals surface area contributed by atoms with Crippen LogP contribution in [0, 0.1) is 26.7 Å². The van der Waals surface area contributed by atoms with Crippen molar-refractivity contribution in [3.8, 4) is 0 Å². The Morgan fingerprint density at radius 1 is 1.15 bits per heavy atom. The Morgan fingerprint density at radius 2 is 1.92 bits per heavy atom. The molecule has 136 valence electrons. The molecule has 4 nitrogen and oxygen atoms in total. The number of anilines is 2. The highest BCUT2D eigenvalue weighted by atomic mass is 16.2. The normalized spacial score (nSPS) is 16.8. The Kier molecular flexibility index (Phi) is 5.12. The number of para-hydroxylation sites is 1. The van der Waals surface area contributed by atoms with Gasteiger partial charge in [-0.2, -0.15) is 0 Å². The fraction of sp³-hybridized carbons (Fsp3) is 0.364. The highest BCUT2D eigenvalue weighted by Crippen LogP contribution is 2.30. The summed E-state index contributed by atoms with van der Waals surface area (Å²) in [6, 6.07) is 12.1. The Hall–Kier alpha value is -2.62. The summed E-state index contributed by atoms with van der Waals surface area (Å²) in [5, 5.41) is 3.07. The molecule has 1 N–H and O–H groups in total. The number of hydrogen-bond donors (Lipinski definition) is 1. The van der Waals surface area contributed by atoms with Gasteiger partial charge in [0.25, 0.3) is 0 Å². The van der Waals surface area contributed by atoms with Gasteiger partial charge in [0.05, 0.1) is 5.92 Å². The molecule has 1 aliphatic rings. The highest BCUT2D eigenvalue weighted by molar-refractivity contribution is 6.04. The predicted molar refractivity (Wildman–Crippen MR) is 106 cm³/mol. The number of nitrogens with one attached hydrogen (secondary N) is 1. The SMILES string of the molecule is CCc1cccc(C)c1NC(=O)C1CC(=O)N(c2cc(C)ccc2C)C1. The molecule has 4 heteroatoms. The third-order valence-corrected chi connectivity index (χ3v) is 5.14. The summed E-state index contributed by atoms with van der Waals surface area (Å²) in [5.74, 6) is -0.388. The van der Waals surface area contributed by atoms with E-state index >= 15 is 0 Å². The largest absolute Gasteiger partial charge is 0.325 e. The average molecular weight is 350 g/mol. The van der Waals surface area contributed by atoms with E-state index in [1.165, 1.54) is 0 Å². The summed E-state index contributed by atoms with van der Waals surface area (Å²) in [4.78, 5) is 27.1. The van der Waals surface area contributed by atoms with Crippen molar-refractivity contribution in [2.75, 3.05) is 16.8 Å². The van der Waals surface area contributed by atoms with Crippen LogP contribution in [0.2, 0.25) is 0 Å². The number of amides is 2. The topological polar surface area (TPSA) is 49.4 Å². The lowest BCUT2D eigenvalue weighted by atomic mass is 10.0. The number of nitrogens with zero attached hydrogens (tertiary/aromatic N) is 1. The van der Waals surface area contributed by atoms with Crippen molar-refractivity contribution in [2.24, 2.45) is 5.92 Å². The van der Waals surface area contributed by atoms with Crippen molar-refractivity contribution in [2.45, 2.75) is 40.5 Å². The first kappa shape index (κ1) is 18.2. The summed E-state index contributed by atoms with van der Waals surface area (Å²) in [7, 11) is 0. The average Bonchev–Trinajstić information content (AvgIpc) is 3.00. The fourth-order valence-electron chi connectivity index (χ4n) is 3.55. The number of hydrogen-bond acceptors (Lipinski definition) is 2. The van der Waals surface area contributed by atoms with Crippen molar-refractivity contribution in [3.05, 3.63) is 58.7 Å². The summed E-state index contributed by atoms with van der Waals surface area (Å²) in [6.45, 7) is 8.51. The minimum absolute atomic E-state index is 0.0133. The van der Waals surface area contributed by atoms with Crippen LogP contribution in [0.1, 0.15) is 35.6 Å². The zero-order chi connectivity index (χ0) is 18.8. The number of rotatable bonds is 4. The van der Waals surface area contributed by atoms with Crippen LogP contribution in [0.5, 0.6) is 0 Å². The zero-order valence-corrected chi connectivity index (χ0v) is 15.9. The van der Waals surface area contributed by atoms with Crippen LogP contribution in [0.15, 0.2) is 36.4 Å². The Labute approximate surface area is 155 Å². The minimum atomic E-state index is -0.327. The van der Waals surface area contributed by atoms with Gasteiger partial charge in [0.15, 0.2) is 0 Å². The molecule has 2 aromatic carbocycles. The zero-order valence-electron chi connectivity index (χ0n) is 15.9. The lowest BCUT2D eigenvalue weighted by molar-refractivity contribution is -0.122. The first-order valence-corrected chi connectivity index (χ1v) is 9.17. The van der Waals surface area contributed by atoms with Crippen molar-refractivity contribution in [3.63, 3.8) is 0 Å². The van der Waals surface area contributed by atoms with E-state index in [0.29, 0.717) is 6.54 Å². The van der Waals surface area contributed by atoms with Crippen LogP contribution in [0.25, 0.3) is 0 Å². The molecule has 2 aromatic rings. The van der Waals surface area contributed by atoms with Gasteiger partial charge in [0.2, 0.25) is 11.8 Å². The second kappa shape index (κ2) is 7.32. The molecule has 0 radical (unpaired) electrons. The van der Waals surface area contributed by atoms with Gasteiger partial charge in [0, 0.05) is 24.3 Å². The van der Waals surface area contributed by atoms with E-state index < -0.39 is 0 Å². The van der Waals surface area contributed by atoms with E-state index in [4.69, 9.17) is 0 Å². The molecule has 1 heterocycles. The molecule has 0 bridgehead atoms. The quantitative estimate of drug-likeness (QED) is 0.900. The van der Waals surface area contributed by atoms with Gasteiger partial charge >= 0.3 is 0 Å². The van der Waals surface area contributed by atoms with E-state index in [1.54, 1.807) is 4.90 Å². The van der Waals surface area contributed by atoms with Crippen molar-refractivity contribution < 1.29 is 9.59 Å². The molecule has 0 aliphatic carbocycles. The van der Waals surface area contributed by atoms with Gasteiger partial charge in [-0.05, 0) is 55.5 Å².